The molecule has 1 fully saturated rings. The molecule has 2 aromatic rings. The number of likely N-dealkylation sites (tertiary alicyclic amines) is 1. The highest BCUT2D eigenvalue weighted by atomic mass is 19.4. The van der Waals surface area contributed by atoms with Crippen LogP contribution in [0.2, 0.25) is 0 Å². The van der Waals surface area contributed by atoms with E-state index >= 15 is 0 Å². The zero-order valence-corrected chi connectivity index (χ0v) is 13.7. The van der Waals surface area contributed by atoms with Crippen LogP contribution in [0.25, 0.3) is 0 Å². The predicted molar refractivity (Wildman–Crippen MR) is 87.3 cm³/mol. The van der Waals surface area contributed by atoms with E-state index in [1.165, 1.54) is 11.8 Å². The van der Waals surface area contributed by atoms with Crippen molar-refractivity contribution >= 4 is 11.6 Å². The van der Waals surface area contributed by atoms with Gasteiger partial charge in [0.1, 0.15) is 0 Å². The molecule has 8 heteroatoms. The van der Waals surface area contributed by atoms with Gasteiger partial charge in [0.25, 0.3) is 5.91 Å². The maximum absolute atomic E-state index is 13.1. The number of para-hydroxylation sites is 1. The normalized spacial score (nSPS) is 18.2. The quantitative estimate of drug-likeness (QED) is 0.889. The third-order valence-corrected chi connectivity index (χ3v) is 4.28. The first-order valence-electron chi connectivity index (χ1n) is 8.09. The smallest absolute Gasteiger partial charge is 0.381 e. The van der Waals surface area contributed by atoms with E-state index in [9.17, 15) is 18.0 Å². The third kappa shape index (κ3) is 3.78. The van der Waals surface area contributed by atoms with Gasteiger partial charge in [-0.15, -0.1) is 0 Å². The first-order valence-corrected chi connectivity index (χ1v) is 8.09. The second-order valence-electron chi connectivity index (χ2n) is 6.17. The van der Waals surface area contributed by atoms with Crippen LogP contribution in [-0.2, 0) is 6.18 Å². The maximum Gasteiger partial charge on any atom is 0.435 e. The molecule has 1 aromatic heterocycles. The molecule has 1 aliphatic rings. The number of rotatable bonds is 3. The minimum atomic E-state index is -4.66. The average Bonchev–Trinajstić information content (AvgIpc) is 2.97. The van der Waals surface area contributed by atoms with E-state index < -0.39 is 17.8 Å². The molecular formula is C17H19F3N4O. The zero-order valence-electron chi connectivity index (χ0n) is 13.7. The van der Waals surface area contributed by atoms with E-state index in [4.69, 9.17) is 0 Å². The Morgan fingerprint density at radius 2 is 2.04 bits per heavy atom. The number of carbonyl (C=O) groups is 1. The number of hydrogen-bond donors (Lipinski definition) is 2. The maximum atomic E-state index is 13.1. The molecule has 1 unspecified atom stereocenters. The van der Waals surface area contributed by atoms with Gasteiger partial charge >= 0.3 is 6.18 Å². The number of amides is 1. The molecule has 25 heavy (non-hydrogen) atoms. The molecule has 134 valence electrons. The molecule has 1 atom stereocenters. The van der Waals surface area contributed by atoms with Crippen molar-refractivity contribution in [2.45, 2.75) is 32.0 Å². The van der Waals surface area contributed by atoms with E-state index in [1.807, 2.05) is 30.3 Å². The molecule has 0 aliphatic carbocycles. The average molecular weight is 352 g/mol. The number of aromatic nitrogens is 2. The minimum absolute atomic E-state index is 0.00152. The number of carbonyl (C=O) groups excluding carboxylic acids is 1. The van der Waals surface area contributed by atoms with Gasteiger partial charge in [-0.2, -0.15) is 18.3 Å². The molecule has 5 nitrogen and oxygen atoms in total. The highest BCUT2D eigenvalue weighted by Crippen LogP contribution is 2.32. The number of halogens is 3. The molecule has 1 aromatic carbocycles. The Hall–Kier alpha value is -2.51. The fourth-order valence-electron chi connectivity index (χ4n) is 3.10. The van der Waals surface area contributed by atoms with Crippen LogP contribution in [0.15, 0.2) is 30.3 Å². The van der Waals surface area contributed by atoms with Crippen LogP contribution in [0.3, 0.4) is 0 Å². The summed E-state index contributed by atoms with van der Waals surface area (Å²) in [7, 11) is 0. The minimum Gasteiger partial charge on any atom is -0.381 e. The number of anilines is 1. The Bertz CT molecular complexity index is 742. The Labute approximate surface area is 143 Å². The van der Waals surface area contributed by atoms with Gasteiger partial charge in [0.15, 0.2) is 5.69 Å². The van der Waals surface area contributed by atoms with Crippen molar-refractivity contribution < 1.29 is 18.0 Å². The summed E-state index contributed by atoms with van der Waals surface area (Å²) >= 11 is 0. The van der Waals surface area contributed by atoms with Crippen molar-refractivity contribution in [1.82, 2.24) is 15.1 Å². The van der Waals surface area contributed by atoms with Crippen LogP contribution in [0.5, 0.6) is 0 Å². The molecule has 0 radical (unpaired) electrons. The van der Waals surface area contributed by atoms with Crippen molar-refractivity contribution in [3.63, 3.8) is 0 Å². The van der Waals surface area contributed by atoms with Crippen molar-refractivity contribution in [2.24, 2.45) is 0 Å². The summed E-state index contributed by atoms with van der Waals surface area (Å²) in [4.78, 5) is 14.2. The fourth-order valence-corrected chi connectivity index (χ4v) is 3.10. The number of hydrogen-bond acceptors (Lipinski definition) is 3. The Kier molecular flexibility index (Phi) is 4.69. The molecule has 0 bridgehead atoms. The lowest BCUT2D eigenvalue weighted by Crippen LogP contribution is -2.45. The van der Waals surface area contributed by atoms with Gasteiger partial charge in [0, 0.05) is 30.5 Å². The van der Waals surface area contributed by atoms with Crippen LogP contribution in [-0.4, -0.2) is 40.1 Å². The van der Waals surface area contributed by atoms with Gasteiger partial charge in [-0.25, -0.2) is 0 Å². The Balaban J connectivity index is 1.76. The number of nitrogens with one attached hydrogen (secondary N) is 2. The van der Waals surface area contributed by atoms with E-state index in [0.717, 1.165) is 18.5 Å². The van der Waals surface area contributed by atoms with E-state index in [0.29, 0.717) is 13.1 Å². The van der Waals surface area contributed by atoms with Crippen LogP contribution in [0, 0.1) is 6.92 Å². The number of H-pyrrole nitrogens is 1. The lowest BCUT2D eigenvalue weighted by atomic mass is 10.0. The zero-order chi connectivity index (χ0) is 18.0. The van der Waals surface area contributed by atoms with Crippen molar-refractivity contribution in [2.75, 3.05) is 18.4 Å². The number of benzene rings is 1. The number of aromatic amines is 1. The molecule has 1 amide bonds. The molecular weight excluding hydrogens is 333 g/mol. The second-order valence-corrected chi connectivity index (χ2v) is 6.17. The predicted octanol–water partition coefficient (Wildman–Crippen LogP) is 3.45. The van der Waals surface area contributed by atoms with Gasteiger partial charge in [-0.05, 0) is 31.9 Å². The largest absolute Gasteiger partial charge is 0.435 e. The second kappa shape index (κ2) is 6.78. The summed E-state index contributed by atoms with van der Waals surface area (Å²) in [5.74, 6) is -0.627. The Morgan fingerprint density at radius 3 is 2.72 bits per heavy atom. The number of nitrogens with zero attached hydrogens (tertiary/aromatic N) is 2. The van der Waals surface area contributed by atoms with Crippen LogP contribution >= 0.6 is 0 Å². The molecule has 1 aliphatic heterocycles. The molecule has 2 heterocycles. The summed E-state index contributed by atoms with van der Waals surface area (Å²) in [5.41, 5.74) is -0.464. The lowest BCUT2D eigenvalue weighted by Gasteiger charge is -2.34. The van der Waals surface area contributed by atoms with Crippen LogP contribution < -0.4 is 5.32 Å². The van der Waals surface area contributed by atoms with Gasteiger partial charge in [0.2, 0.25) is 0 Å². The molecule has 2 N–H and O–H groups in total. The number of alkyl halides is 3. The standard InChI is InChI=1S/C17H19F3N4O/c1-11-14(15(23-22-11)17(18,19)20)16(25)24-9-5-8-13(10-24)21-12-6-3-2-4-7-12/h2-4,6-7,13,21H,5,8-10H2,1H3,(H,22,23). The summed E-state index contributed by atoms with van der Waals surface area (Å²) in [6.07, 6.45) is -3.07. The first-order chi connectivity index (χ1) is 11.9. The van der Waals surface area contributed by atoms with Crippen LogP contribution in [0.4, 0.5) is 18.9 Å². The lowest BCUT2D eigenvalue weighted by molar-refractivity contribution is -0.141. The molecule has 0 spiro atoms. The monoisotopic (exact) mass is 352 g/mol. The highest BCUT2D eigenvalue weighted by Gasteiger charge is 2.41. The molecule has 0 saturated carbocycles. The van der Waals surface area contributed by atoms with E-state index in [-0.39, 0.29) is 17.3 Å². The van der Waals surface area contributed by atoms with E-state index in [1.54, 1.807) is 0 Å². The van der Waals surface area contributed by atoms with Gasteiger partial charge < -0.3 is 10.2 Å². The number of aryl methyl sites for hydroxylation is 1. The fraction of sp³-hybridized carbons (Fsp3) is 0.412. The van der Waals surface area contributed by atoms with Crippen molar-refractivity contribution in [3.05, 3.63) is 47.3 Å². The van der Waals surface area contributed by atoms with Crippen LogP contribution in [0.1, 0.15) is 34.6 Å². The molecule has 3 rings (SSSR count). The first kappa shape index (κ1) is 17.3. The third-order valence-electron chi connectivity index (χ3n) is 4.28. The summed E-state index contributed by atoms with van der Waals surface area (Å²) in [5, 5.41) is 8.89. The van der Waals surface area contributed by atoms with Gasteiger partial charge in [0.05, 0.1) is 5.56 Å². The summed E-state index contributed by atoms with van der Waals surface area (Å²) in [6, 6.07) is 9.55. The van der Waals surface area contributed by atoms with Gasteiger partial charge in [-0.3, -0.25) is 9.89 Å². The highest BCUT2D eigenvalue weighted by molar-refractivity contribution is 5.96. The SMILES string of the molecule is Cc1[nH]nc(C(F)(F)F)c1C(=O)N1CCCC(Nc2ccccc2)C1. The van der Waals surface area contributed by atoms with Crippen molar-refractivity contribution in [1.29, 1.82) is 0 Å². The van der Waals surface area contributed by atoms with Gasteiger partial charge in [-0.1, -0.05) is 18.2 Å². The van der Waals surface area contributed by atoms with Crippen molar-refractivity contribution in [3.8, 4) is 0 Å². The topological polar surface area (TPSA) is 61.0 Å². The summed E-state index contributed by atoms with van der Waals surface area (Å²) < 4.78 is 39.3. The number of piperidine rings is 1. The summed E-state index contributed by atoms with van der Waals surface area (Å²) in [6.45, 7) is 2.22. The Morgan fingerprint density at radius 1 is 1.32 bits per heavy atom. The van der Waals surface area contributed by atoms with E-state index in [2.05, 4.69) is 15.5 Å². The molecule has 1 saturated heterocycles.